The fourth-order valence-corrected chi connectivity index (χ4v) is 2.05. The molecule has 1 aliphatic rings. The van der Waals surface area contributed by atoms with Crippen molar-refractivity contribution in [1.82, 2.24) is 10.2 Å². The zero-order chi connectivity index (χ0) is 13.3. The van der Waals surface area contributed by atoms with Crippen molar-refractivity contribution < 1.29 is 9.53 Å². The van der Waals surface area contributed by atoms with Crippen LogP contribution in [0.25, 0.3) is 0 Å². The Hall–Kier alpha value is -0.770. The quantitative estimate of drug-likeness (QED) is 0.807. The van der Waals surface area contributed by atoms with Gasteiger partial charge in [-0.25, -0.2) is 4.79 Å². The molecular formula is C13H26N2O2. The Morgan fingerprint density at radius 1 is 1.29 bits per heavy atom. The third-order valence-electron chi connectivity index (χ3n) is 3.50. The molecule has 0 saturated carbocycles. The average molecular weight is 242 g/mol. The normalized spacial score (nSPS) is 21.8. The fraction of sp³-hybridized carbons (Fsp3) is 0.923. The van der Waals surface area contributed by atoms with Crippen LogP contribution in [0.4, 0.5) is 4.79 Å². The van der Waals surface area contributed by atoms with E-state index in [1.165, 1.54) is 0 Å². The highest BCUT2D eigenvalue weighted by Gasteiger charge is 2.37. The summed E-state index contributed by atoms with van der Waals surface area (Å²) in [6.45, 7) is 11.6. The Bertz CT molecular complexity index is 282. The first-order valence-corrected chi connectivity index (χ1v) is 6.32. The Kier molecular flexibility index (Phi) is 4.07. The van der Waals surface area contributed by atoms with Gasteiger partial charge in [-0.3, -0.25) is 0 Å². The van der Waals surface area contributed by atoms with Crippen molar-refractivity contribution in [3.8, 4) is 0 Å². The summed E-state index contributed by atoms with van der Waals surface area (Å²) in [5.74, 6) is 0.486. The summed E-state index contributed by atoms with van der Waals surface area (Å²) >= 11 is 0. The van der Waals surface area contributed by atoms with Gasteiger partial charge < -0.3 is 15.0 Å². The monoisotopic (exact) mass is 242 g/mol. The van der Waals surface area contributed by atoms with Crippen LogP contribution in [0.1, 0.15) is 41.0 Å². The van der Waals surface area contributed by atoms with Crippen molar-refractivity contribution in [1.29, 1.82) is 0 Å². The van der Waals surface area contributed by atoms with E-state index in [0.29, 0.717) is 5.92 Å². The van der Waals surface area contributed by atoms with Crippen LogP contribution in [0.3, 0.4) is 0 Å². The van der Waals surface area contributed by atoms with Crippen LogP contribution >= 0.6 is 0 Å². The summed E-state index contributed by atoms with van der Waals surface area (Å²) in [7, 11) is 1.97. The molecule has 0 bridgehead atoms. The smallest absolute Gasteiger partial charge is 0.410 e. The maximum absolute atomic E-state index is 11.9. The molecule has 1 fully saturated rings. The Balaban J connectivity index is 2.54. The molecule has 0 aromatic carbocycles. The number of rotatable bonds is 2. The van der Waals surface area contributed by atoms with Crippen LogP contribution in [0, 0.1) is 5.92 Å². The number of carbonyl (C=O) groups excluding carboxylic acids is 1. The topological polar surface area (TPSA) is 41.6 Å². The maximum atomic E-state index is 11.9. The maximum Gasteiger partial charge on any atom is 0.410 e. The minimum atomic E-state index is -0.409. The van der Waals surface area contributed by atoms with E-state index in [1.807, 2.05) is 32.7 Å². The molecule has 100 valence electrons. The van der Waals surface area contributed by atoms with E-state index in [2.05, 4.69) is 19.2 Å². The molecule has 4 heteroatoms. The summed E-state index contributed by atoms with van der Waals surface area (Å²) in [5, 5.41) is 3.31. The van der Waals surface area contributed by atoms with Gasteiger partial charge in [0.2, 0.25) is 0 Å². The number of hydrogen-bond donors (Lipinski definition) is 1. The first-order chi connectivity index (χ1) is 7.65. The molecule has 4 nitrogen and oxygen atoms in total. The number of ether oxygens (including phenoxy) is 1. The van der Waals surface area contributed by atoms with E-state index in [-0.39, 0.29) is 11.6 Å². The standard InChI is InChI=1S/C13H26N2O2/c1-12(2,3)17-11(16)15-8-7-10(9-15)13(4,5)14-6/h10,14H,7-9H2,1-6H3. The summed E-state index contributed by atoms with van der Waals surface area (Å²) in [6, 6.07) is 0. The summed E-state index contributed by atoms with van der Waals surface area (Å²) in [5.41, 5.74) is -0.343. The van der Waals surface area contributed by atoms with Gasteiger partial charge in [0.05, 0.1) is 0 Å². The molecule has 0 aromatic rings. The molecule has 1 N–H and O–H groups in total. The van der Waals surface area contributed by atoms with E-state index in [0.717, 1.165) is 19.5 Å². The van der Waals surface area contributed by atoms with Crippen molar-refractivity contribution in [3.05, 3.63) is 0 Å². The highest BCUT2D eigenvalue weighted by Crippen LogP contribution is 2.27. The number of nitrogens with one attached hydrogen (secondary N) is 1. The van der Waals surface area contributed by atoms with Gasteiger partial charge in [0, 0.05) is 18.6 Å². The van der Waals surface area contributed by atoms with Gasteiger partial charge >= 0.3 is 6.09 Å². The highest BCUT2D eigenvalue weighted by atomic mass is 16.6. The van der Waals surface area contributed by atoms with Crippen molar-refractivity contribution in [2.75, 3.05) is 20.1 Å². The fourth-order valence-electron chi connectivity index (χ4n) is 2.05. The lowest BCUT2D eigenvalue weighted by molar-refractivity contribution is 0.0282. The van der Waals surface area contributed by atoms with Gasteiger partial charge in [-0.2, -0.15) is 0 Å². The van der Waals surface area contributed by atoms with E-state index in [1.54, 1.807) is 0 Å². The molecule has 1 saturated heterocycles. The predicted molar refractivity (Wildman–Crippen MR) is 69.1 cm³/mol. The number of likely N-dealkylation sites (tertiary alicyclic amines) is 1. The van der Waals surface area contributed by atoms with Crippen LogP contribution in [-0.2, 0) is 4.74 Å². The van der Waals surface area contributed by atoms with E-state index in [4.69, 9.17) is 4.74 Å². The summed E-state index contributed by atoms with van der Waals surface area (Å²) < 4.78 is 5.38. The molecule has 1 aliphatic heterocycles. The molecular weight excluding hydrogens is 216 g/mol. The van der Waals surface area contributed by atoms with Crippen LogP contribution in [-0.4, -0.2) is 42.3 Å². The van der Waals surface area contributed by atoms with Gasteiger partial charge in [-0.1, -0.05) is 0 Å². The van der Waals surface area contributed by atoms with Gasteiger partial charge in [0.1, 0.15) is 5.60 Å². The minimum absolute atomic E-state index is 0.0662. The molecule has 0 radical (unpaired) electrons. The van der Waals surface area contributed by atoms with Crippen molar-refractivity contribution in [2.24, 2.45) is 5.92 Å². The van der Waals surface area contributed by atoms with Crippen LogP contribution in [0.5, 0.6) is 0 Å². The number of nitrogens with zero attached hydrogens (tertiary/aromatic N) is 1. The average Bonchev–Trinajstić information content (AvgIpc) is 2.64. The lowest BCUT2D eigenvalue weighted by atomic mass is 9.87. The van der Waals surface area contributed by atoms with Gasteiger partial charge in [-0.05, 0) is 54.0 Å². The molecule has 1 rings (SSSR count). The first kappa shape index (κ1) is 14.3. The van der Waals surface area contributed by atoms with Crippen LogP contribution < -0.4 is 5.32 Å². The number of carbonyl (C=O) groups is 1. The summed E-state index contributed by atoms with van der Waals surface area (Å²) in [4.78, 5) is 13.7. The largest absolute Gasteiger partial charge is 0.444 e. The Labute approximate surface area is 105 Å². The van der Waals surface area contributed by atoms with Crippen LogP contribution in [0.15, 0.2) is 0 Å². The summed E-state index contributed by atoms with van der Waals surface area (Å²) in [6.07, 6.45) is 0.847. The van der Waals surface area contributed by atoms with Gasteiger partial charge in [0.25, 0.3) is 0 Å². The van der Waals surface area contributed by atoms with E-state index < -0.39 is 5.60 Å². The zero-order valence-corrected chi connectivity index (χ0v) is 12.0. The lowest BCUT2D eigenvalue weighted by Gasteiger charge is -2.31. The number of amides is 1. The third-order valence-corrected chi connectivity index (χ3v) is 3.50. The third kappa shape index (κ3) is 3.87. The van der Waals surface area contributed by atoms with Gasteiger partial charge in [-0.15, -0.1) is 0 Å². The lowest BCUT2D eigenvalue weighted by Crippen LogP contribution is -2.45. The highest BCUT2D eigenvalue weighted by molar-refractivity contribution is 5.68. The second kappa shape index (κ2) is 4.84. The molecule has 0 spiro atoms. The van der Waals surface area contributed by atoms with E-state index >= 15 is 0 Å². The zero-order valence-electron chi connectivity index (χ0n) is 12.0. The van der Waals surface area contributed by atoms with Gasteiger partial charge in [0.15, 0.2) is 0 Å². The Morgan fingerprint density at radius 3 is 2.35 bits per heavy atom. The Morgan fingerprint density at radius 2 is 1.88 bits per heavy atom. The van der Waals surface area contributed by atoms with Crippen LogP contribution in [0.2, 0.25) is 0 Å². The second-order valence-electron chi connectivity index (χ2n) is 6.38. The van der Waals surface area contributed by atoms with Crippen molar-refractivity contribution in [3.63, 3.8) is 0 Å². The SMILES string of the molecule is CNC(C)(C)C1CCN(C(=O)OC(C)(C)C)C1. The van der Waals surface area contributed by atoms with E-state index in [9.17, 15) is 4.79 Å². The number of hydrogen-bond acceptors (Lipinski definition) is 3. The van der Waals surface area contributed by atoms with Crippen molar-refractivity contribution in [2.45, 2.75) is 52.2 Å². The molecule has 1 atom stereocenters. The molecule has 1 heterocycles. The van der Waals surface area contributed by atoms with Crippen molar-refractivity contribution >= 4 is 6.09 Å². The predicted octanol–water partition coefficient (Wildman–Crippen LogP) is 2.24. The molecule has 1 unspecified atom stereocenters. The second-order valence-corrected chi connectivity index (χ2v) is 6.38. The molecule has 1 amide bonds. The molecule has 0 aliphatic carbocycles. The molecule has 0 aromatic heterocycles. The minimum Gasteiger partial charge on any atom is -0.444 e. The first-order valence-electron chi connectivity index (χ1n) is 6.32. The molecule has 17 heavy (non-hydrogen) atoms.